The van der Waals surface area contributed by atoms with E-state index in [1.165, 1.54) is 35.1 Å². The average Bonchev–Trinajstić information content (AvgIpc) is 2.72. The van der Waals surface area contributed by atoms with Crippen LogP contribution in [0.2, 0.25) is 0 Å². The first-order valence-corrected chi connectivity index (χ1v) is 8.89. The lowest BCUT2D eigenvalue weighted by Crippen LogP contribution is -2.26. The molecule has 2 aromatic heterocycles. The van der Waals surface area contributed by atoms with Crippen LogP contribution in [0, 0.1) is 5.82 Å². The predicted octanol–water partition coefficient (Wildman–Crippen LogP) is 2.69. The molecule has 1 aromatic carbocycles. The molecule has 3 rings (SSSR count). The third-order valence-electron chi connectivity index (χ3n) is 3.91. The van der Waals surface area contributed by atoms with E-state index in [0.717, 1.165) is 12.1 Å². The van der Waals surface area contributed by atoms with E-state index in [4.69, 9.17) is 0 Å². The van der Waals surface area contributed by atoms with Crippen LogP contribution < -0.4 is 16.2 Å². The Hall–Kier alpha value is -3.88. The Labute approximate surface area is 165 Å². The van der Waals surface area contributed by atoms with Crippen LogP contribution in [0.15, 0.2) is 59.5 Å². The average molecular weight is 395 g/mol. The van der Waals surface area contributed by atoms with Crippen molar-refractivity contribution in [1.82, 2.24) is 14.8 Å². The molecular weight excluding hydrogens is 377 g/mol. The van der Waals surface area contributed by atoms with E-state index in [0.29, 0.717) is 13.0 Å². The Kier molecular flexibility index (Phi) is 6.08. The molecule has 2 amide bonds. The number of pyridine rings is 1. The summed E-state index contributed by atoms with van der Waals surface area (Å²) < 4.78 is 14.9. The Balaban J connectivity index is 1.84. The third kappa shape index (κ3) is 4.89. The van der Waals surface area contributed by atoms with E-state index in [1.807, 2.05) is 6.92 Å². The normalized spacial score (nSPS) is 10.4. The molecule has 0 unspecified atom stereocenters. The van der Waals surface area contributed by atoms with Crippen molar-refractivity contribution < 1.29 is 14.0 Å². The third-order valence-corrected chi connectivity index (χ3v) is 3.91. The molecule has 0 atom stereocenters. The van der Waals surface area contributed by atoms with E-state index < -0.39 is 17.6 Å². The minimum atomic E-state index is -0.645. The SMILES string of the molecule is CCCn1nc(C(=O)Nc2cc(F)ccc2NC(=O)c2ccccn2)ccc1=O. The van der Waals surface area contributed by atoms with E-state index in [1.54, 1.807) is 12.1 Å². The van der Waals surface area contributed by atoms with Crippen LogP contribution in [-0.2, 0) is 6.54 Å². The molecule has 9 heteroatoms. The van der Waals surface area contributed by atoms with Gasteiger partial charge >= 0.3 is 0 Å². The first-order valence-electron chi connectivity index (χ1n) is 8.89. The largest absolute Gasteiger partial charge is 0.319 e. The number of nitrogens with one attached hydrogen (secondary N) is 2. The Bertz CT molecular complexity index is 1100. The van der Waals surface area contributed by atoms with E-state index in [9.17, 15) is 18.8 Å². The van der Waals surface area contributed by atoms with Crippen LogP contribution in [0.5, 0.6) is 0 Å². The number of carbonyl (C=O) groups excluding carboxylic acids is 2. The highest BCUT2D eigenvalue weighted by atomic mass is 19.1. The van der Waals surface area contributed by atoms with E-state index in [2.05, 4.69) is 20.7 Å². The zero-order valence-electron chi connectivity index (χ0n) is 15.6. The molecule has 0 aliphatic heterocycles. The molecule has 0 bridgehead atoms. The van der Waals surface area contributed by atoms with Gasteiger partial charge in [-0.15, -0.1) is 0 Å². The van der Waals surface area contributed by atoms with Gasteiger partial charge in [-0.1, -0.05) is 13.0 Å². The van der Waals surface area contributed by atoms with Crippen molar-refractivity contribution in [1.29, 1.82) is 0 Å². The number of benzene rings is 1. The molecule has 2 N–H and O–H groups in total. The van der Waals surface area contributed by atoms with Crippen LogP contribution in [0.25, 0.3) is 0 Å². The zero-order chi connectivity index (χ0) is 20.8. The first-order chi connectivity index (χ1) is 14.0. The minimum Gasteiger partial charge on any atom is -0.319 e. The molecule has 3 aromatic rings. The van der Waals surface area contributed by atoms with Crippen molar-refractivity contribution in [2.45, 2.75) is 19.9 Å². The predicted molar refractivity (Wildman–Crippen MR) is 105 cm³/mol. The maximum atomic E-state index is 13.7. The minimum absolute atomic E-state index is 0.00989. The molecular formula is C20H18FN5O3. The summed E-state index contributed by atoms with van der Waals surface area (Å²) in [5.41, 5.74) is 0.0794. The van der Waals surface area contributed by atoms with Gasteiger partial charge in [-0.25, -0.2) is 9.07 Å². The van der Waals surface area contributed by atoms with Crippen LogP contribution in [0.1, 0.15) is 34.3 Å². The fourth-order valence-electron chi connectivity index (χ4n) is 2.54. The lowest BCUT2D eigenvalue weighted by atomic mass is 10.2. The zero-order valence-corrected chi connectivity index (χ0v) is 15.6. The maximum Gasteiger partial charge on any atom is 0.276 e. The molecule has 0 saturated carbocycles. The fraction of sp³-hybridized carbons (Fsp3) is 0.150. The second-order valence-corrected chi connectivity index (χ2v) is 6.09. The molecule has 0 fully saturated rings. The van der Waals surface area contributed by atoms with Gasteiger partial charge in [0.15, 0.2) is 0 Å². The molecule has 0 saturated heterocycles. The van der Waals surface area contributed by atoms with Crippen molar-refractivity contribution in [3.8, 4) is 0 Å². The number of carbonyl (C=O) groups is 2. The topological polar surface area (TPSA) is 106 Å². The van der Waals surface area contributed by atoms with Crippen LogP contribution >= 0.6 is 0 Å². The summed E-state index contributed by atoms with van der Waals surface area (Å²) in [5, 5.41) is 9.13. The summed E-state index contributed by atoms with van der Waals surface area (Å²) in [6.07, 6.45) is 2.14. The summed E-state index contributed by atoms with van der Waals surface area (Å²) in [6, 6.07) is 11.0. The summed E-state index contributed by atoms with van der Waals surface area (Å²) >= 11 is 0. The Morgan fingerprint density at radius 1 is 1.00 bits per heavy atom. The molecule has 0 aliphatic rings. The van der Waals surface area contributed by atoms with Crippen molar-refractivity contribution in [2.24, 2.45) is 0 Å². The van der Waals surface area contributed by atoms with Crippen molar-refractivity contribution in [2.75, 3.05) is 10.6 Å². The summed E-state index contributed by atoms with van der Waals surface area (Å²) in [5.74, 6) is -1.75. The number of hydrogen-bond donors (Lipinski definition) is 2. The lowest BCUT2D eigenvalue weighted by Gasteiger charge is -2.12. The van der Waals surface area contributed by atoms with Gasteiger partial charge in [-0.2, -0.15) is 5.10 Å². The number of halogens is 1. The van der Waals surface area contributed by atoms with Crippen molar-refractivity contribution in [3.05, 3.63) is 82.3 Å². The molecule has 0 radical (unpaired) electrons. The van der Waals surface area contributed by atoms with Crippen molar-refractivity contribution in [3.63, 3.8) is 0 Å². The number of rotatable bonds is 6. The summed E-state index contributed by atoms with van der Waals surface area (Å²) in [4.78, 5) is 40.6. The second kappa shape index (κ2) is 8.87. The molecule has 148 valence electrons. The summed E-state index contributed by atoms with van der Waals surface area (Å²) in [7, 11) is 0. The highest BCUT2D eigenvalue weighted by Crippen LogP contribution is 2.24. The second-order valence-electron chi connectivity index (χ2n) is 6.09. The molecule has 29 heavy (non-hydrogen) atoms. The Morgan fingerprint density at radius 2 is 1.76 bits per heavy atom. The molecule has 0 spiro atoms. The monoisotopic (exact) mass is 395 g/mol. The molecule has 2 heterocycles. The van der Waals surface area contributed by atoms with Gasteiger partial charge in [0.2, 0.25) is 0 Å². The number of nitrogens with zero attached hydrogens (tertiary/aromatic N) is 3. The number of hydrogen-bond acceptors (Lipinski definition) is 5. The first kappa shape index (κ1) is 19.9. The van der Waals surface area contributed by atoms with E-state index >= 15 is 0 Å². The Morgan fingerprint density at radius 3 is 2.48 bits per heavy atom. The van der Waals surface area contributed by atoms with Gasteiger partial charge in [-0.3, -0.25) is 19.4 Å². The summed E-state index contributed by atoms with van der Waals surface area (Å²) in [6.45, 7) is 2.25. The molecule has 0 aliphatic carbocycles. The lowest BCUT2D eigenvalue weighted by molar-refractivity contribution is 0.101. The van der Waals surface area contributed by atoms with E-state index in [-0.39, 0.29) is 28.3 Å². The van der Waals surface area contributed by atoms with Gasteiger partial charge in [0, 0.05) is 18.8 Å². The highest BCUT2D eigenvalue weighted by molar-refractivity contribution is 6.08. The van der Waals surface area contributed by atoms with Crippen LogP contribution in [-0.4, -0.2) is 26.6 Å². The van der Waals surface area contributed by atoms with Gasteiger partial charge in [0.1, 0.15) is 17.2 Å². The smallest absolute Gasteiger partial charge is 0.276 e. The maximum absolute atomic E-state index is 13.7. The highest BCUT2D eigenvalue weighted by Gasteiger charge is 2.15. The molecule has 8 nitrogen and oxygen atoms in total. The number of aryl methyl sites for hydroxylation is 1. The van der Waals surface area contributed by atoms with Gasteiger partial charge in [0.25, 0.3) is 17.4 Å². The number of amides is 2. The number of anilines is 2. The quantitative estimate of drug-likeness (QED) is 0.668. The van der Waals surface area contributed by atoms with Crippen molar-refractivity contribution >= 4 is 23.2 Å². The van der Waals surface area contributed by atoms with Crippen LogP contribution in [0.3, 0.4) is 0 Å². The van der Waals surface area contributed by atoms with Gasteiger partial charge in [-0.05, 0) is 42.8 Å². The fourth-order valence-corrected chi connectivity index (χ4v) is 2.54. The standard InChI is InChI=1S/C20H18FN5O3/c1-2-11-26-18(27)9-8-16(25-26)20(29)24-17-12-13(21)6-7-14(17)23-19(28)15-5-3-4-10-22-15/h3-10,12H,2,11H2,1H3,(H,23,28)(H,24,29). The van der Waals surface area contributed by atoms with Gasteiger partial charge < -0.3 is 10.6 Å². The number of aromatic nitrogens is 3. The van der Waals surface area contributed by atoms with Gasteiger partial charge in [0.05, 0.1) is 11.4 Å². The van der Waals surface area contributed by atoms with Crippen LogP contribution in [0.4, 0.5) is 15.8 Å².